The number of aliphatic hydroxyl groups is 2. The summed E-state index contributed by atoms with van der Waals surface area (Å²) in [6.07, 6.45) is 0. The fraction of sp³-hybridized carbons (Fsp3) is 0.556. The lowest BCUT2D eigenvalue weighted by molar-refractivity contribution is 0.00223. The molecule has 98 valence electrons. The van der Waals surface area contributed by atoms with Crippen molar-refractivity contribution >= 4 is 10.0 Å². The van der Waals surface area contributed by atoms with Crippen LogP contribution >= 0.6 is 0 Å². The van der Waals surface area contributed by atoms with Crippen LogP contribution in [0.2, 0.25) is 0 Å². The molecule has 0 bridgehead atoms. The number of hydrogen-bond donors (Lipinski definition) is 4. The minimum absolute atomic E-state index is 0.148. The lowest BCUT2D eigenvalue weighted by atomic mass is 10.1. The van der Waals surface area contributed by atoms with Crippen LogP contribution in [-0.4, -0.2) is 37.4 Å². The molecule has 1 aromatic rings. The van der Waals surface area contributed by atoms with Gasteiger partial charge in [-0.3, -0.25) is 0 Å². The van der Waals surface area contributed by atoms with Crippen molar-refractivity contribution < 1.29 is 23.0 Å². The van der Waals surface area contributed by atoms with Gasteiger partial charge in [-0.15, -0.1) is 0 Å². The van der Waals surface area contributed by atoms with Gasteiger partial charge < -0.3 is 19.9 Å². The quantitative estimate of drug-likeness (QED) is 0.509. The summed E-state index contributed by atoms with van der Waals surface area (Å²) >= 11 is 0. The molecule has 1 aromatic heterocycles. The van der Waals surface area contributed by atoms with Crippen molar-refractivity contribution in [1.82, 2.24) is 5.32 Å². The van der Waals surface area contributed by atoms with E-state index in [9.17, 15) is 13.5 Å². The van der Waals surface area contributed by atoms with Crippen molar-refractivity contribution in [2.75, 3.05) is 13.2 Å². The van der Waals surface area contributed by atoms with Gasteiger partial charge in [-0.2, -0.15) is 0 Å². The monoisotopic (exact) mass is 264 g/mol. The van der Waals surface area contributed by atoms with Crippen molar-refractivity contribution in [3.8, 4) is 0 Å². The molecule has 7 nitrogen and oxygen atoms in total. The van der Waals surface area contributed by atoms with Gasteiger partial charge in [0.15, 0.2) is 0 Å². The summed E-state index contributed by atoms with van der Waals surface area (Å²) in [6.45, 7) is 1.47. The van der Waals surface area contributed by atoms with Crippen molar-refractivity contribution in [2.24, 2.45) is 5.14 Å². The molecule has 0 amide bonds. The smallest absolute Gasteiger partial charge is 0.271 e. The Hall–Kier alpha value is -0.930. The maximum absolute atomic E-state index is 10.9. The van der Waals surface area contributed by atoms with E-state index in [1.165, 1.54) is 19.1 Å². The molecule has 0 fully saturated rings. The Kier molecular flexibility index (Phi) is 4.28. The average molecular weight is 264 g/mol. The first-order valence-electron chi connectivity index (χ1n) is 4.90. The Morgan fingerprint density at radius 2 is 2.18 bits per heavy atom. The zero-order valence-corrected chi connectivity index (χ0v) is 10.2. The molecule has 5 N–H and O–H groups in total. The van der Waals surface area contributed by atoms with E-state index < -0.39 is 15.6 Å². The van der Waals surface area contributed by atoms with Gasteiger partial charge in [-0.25, -0.2) is 13.6 Å². The Bertz CT molecular complexity index is 465. The van der Waals surface area contributed by atoms with Gasteiger partial charge in [0.2, 0.25) is 5.09 Å². The molecule has 1 heterocycles. The van der Waals surface area contributed by atoms with E-state index in [1.807, 2.05) is 0 Å². The van der Waals surface area contributed by atoms with Crippen LogP contribution in [0.25, 0.3) is 0 Å². The summed E-state index contributed by atoms with van der Waals surface area (Å²) < 4.78 is 26.8. The van der Waals surface area contributed by atoms with Gasteiger partial charge in [0.1, 0.15) is 5.76 Å². The average Bonchev–Trinajstić information content (AvgIpc) is 2.66. The highest BCUT2D eigenvalue weighted by molar-refractivity contribution is 7.89. The van der Waals surface area contributed by atoms with Crippen LogP contribution in [0.15, 0.2) is 21.6 Å². The van der Waals surface area contributed by atoms with Crippen LogP contribution in [0.4, 0.5) is 0 Å². The molecule has 8 heteroatoms. The second-order valence-corrected chi connectivity index (χ2v) is 5.52. The predicted molar refractivity (Wildman–Crippen MR) is 59.5 cm³/mol. The number of sulfonamides is 1. The molecule has 0 saturated heterocycles. The predicted octanol–water partition coefficient (Wildman–Crippen LogP) is -1.24. The Morgan fingerprint density at radius 1 is 1.53 bits per heavy atom. The van der Waals surface area contributed by atoms with E-state index in [4.69, 9.17) is 14.7 Å². The Labute approximate surface area is 99.3 Å². The van der Waals surface area contributed by atoms with Crippen molar-refractivity contribution in [2.45, 2.75) is 24.2 Å². The first kappa shape index (κ1) is 14.1. The third kappa shape index (κ3) is 4.44. The van der Waals surface area contributed by atoms with Gasteiger partial charge in [0.25, 0.3) is 10.0 Å². The minimum atomic E-state index is -3.82. The lowest BCUT2D eigenvalue weighted by Gasteiger charge is -2.20. The summed E-state index contributed by atoms with van der Waals surface area (Å²) in [7, 11) is -3.82. The maximum Gasteiger partial charge on any atom is 0.271 e. The largest absolute Gasteiger partial charge is 0.447 e. The van der Waals surface area contributed by atoms with Crippen LogP contribution < -0.4 is 10.5 Å². The van der Waals surface area contributed by atoms with Gasteiger partial charge >= 0.3 is 0 Å². The molecular formula is C9H16N2O5S. The van der Waals surface area contributed by atoms with Gasteiger partial charge in [-0.1, -0.05) is 0 Å². The first-order chi connectivity index (χ1) is 7.74. The van der Waals surface area contributed by atoms with Crippen LogP contribution in [0.1, 0.15) is 12.7 Å². The molecule has 1 rings (SSSR count). The van der Waals surface area contributed by atoms with E-state index in [0.29, 0.717) is 5.76 Å². The van der Waals surface area contributed by atoms with Crippen molar-refractivity contribution in [1.29, 1.82) is 0 Å². The van der Waals surface area contributed by atoms with Gasteiger partial charge in [0.05, 0.1) is 18.8 Å². The molecule has 0 radical (unpaired) electrons. The molecule has 0 aromatic carbocycles. The molecule has 0 saturated carbocycles. The van der Waals surface area contributed by atoms with E-state index in [0.717, 1.165) is 0 Å². The third-order valence-corrected chi connectivity index (χ3v) is 2.84. The highest BCUT2D eigenvalue weighted by Crippen LogP contribution is 2.12. The number of rotatable bonds is 6. The van der Waals surface area contributed by atoms with Crippen LogP contribution in [0.3, 0.4) is 0 Å². The summed E-state index contributed by atoms with van der Waals surface area (Å²) in [5.74, 6) is 0.378. The summed E-state index contributed by atoms with van der Waals surface area (Å²) in [6, 6.07) is 2.73. The number of furan rings is 1. The first-order valence-corrected chi connectivity index (χ1v) is 6.45. The number of nitrogens with one attached hydrogen (secondary N) is 1. The standard InChI is InChI=1S/C9H16N2O5S/c1-9(13,6-12)5-11-4-7-2-3-8(16-7)17(10,14)15/h2-3,11-13H,4-6H2,1H3,(H2,10,14,15). The molecule has 0 aliphatic carbocycles. The van der Waals surface area contributed by atoms with Crippen LogP contribution in [0.5, 0.6) is 0 Å². The number of aliphatic hydroxyl groups excluding tert-OH is 1. The van der Waals surface area contributed by atoms with Crippen LogP contribution in [0, 0.1) is 0 Å². The van der Waals surface area contributed by atoms with Gasteiger partial charge in [-0.05, 0) is 19.1 Å². The topological polar surface area (TPSA) is 126 Å². The van der Waals surface area contributed by atoms with Gasteiger partial charge in [0, 0.05) is 6.54 Å². The second-order valence-electron chi connectivity index (χ2n) is 4.02. The number of nitrogens with two attached hydrogens (primary N) is 1. The zero-order valence-electron chi connectivity index (χ0n) is 9.38. The summed E-state index contributed by atoms with van der Waals surface area (Å²) in [5.41, 5.74) is -1.23. The highest BCUT2D eigenvalue weighted by atomic mass is 32.2. The lowest BCUT2D eigenvalue weighted by Crippen LogP contribution is -2.40. The third-order valence-electron chi connectivity index (χ3n) is 2.06. The number of hydrogen-bond acceptors (Lipinski definition) is 6. The fourth-order valence-electron chi connectivity index (χ4n) is 1.12. The Morgan fingerprint density at radius 3 is 2.65 bits per heavy atom. The molecule has 0 spiro atoms. The van der Waals surface area contributed by atoms with E-state index in [-0.39, 0.29) is 24.8 Å². The normalized spacial score (nSPS) is 15.8. The molecular weight excluding hydrogens is 248 g/mol. The highest BCUT2D eigenvalue weighted by Gasteiger charge is 2.18. The van der Waals surface area contributed by atoms with E-state index in [1.54, 1.807) is 0 Å². The van der Waals surface area contributed by atoms with E-state index >= 15 is 0 Å². The molecule has 1 unspecified atom stereocenters. The molecule has 17 heavy (non-hydrogen) atoms. The summed E-state index contributed by atoms with van der Waals surface area (Å²) in [4.78, 5) is 0. The summed E-state index contributed by atoms with van der Waals surface area (Å²) in [5, 5.41) is 25.7. The molecule has 0 aliphatic rings. The second kappa shape index (κ2) is 5.15. The van der Waals surface area contributed by atoms with Crippen LogP contribution in [-0.2, 0) is 16.6 Å². The van der Waals surface area contributed by atoms with Crippen molar-refractivity contribution in [3.05, 3.63) is 17.9 Å². The minimum Gasteiger partial charge on any atom is -0.447 e. The molecule has 0 aliphatic heterocycles. The zero-order chi connectivity index (χ0) is 13.1. The Balaban J connectivity index is 2.52. The maximum atomic E-state index is 10.9. The number of primary sulfonamides is 1. The van der Waals surface area contributed by atoms with E-state index in [2.05, 4.69) is 5.32 Å². The fourth-order valence-corrected chi connectivity index (χ4v) is 1.60. The van der Waals surface area contributed by atoms with Crippen molar-refractivity contribution in [3.63, 3.8) is 0 Å². The molecule has 1 atom stereocenters. The SMILES string of the molecule is CC(O)(CO)CNCc1ccc(S(N)(=O)=O)o1.